The molecule has 286 valence electrons. The Morgan fingerprint density at radius 2 is 0.860 bits per heavy atom. The molecule has 7 nitrogen and oxygen atoms in total. The van der Waals surface area contributed by atoms with Crippen LogP contribution in [0.2, 0.25) is 0 Å². The third kappa shape index (κ3) is 9.65. The van der Waals surface area contributed by atoms with Crippen molar-refractivity contribution < 1.29 is 33.5 Å². The number of aliphatic hydroxyl groups excluding tert-OH is 1. The lowest BCUT2D eigenvalue weighted by Crippen LogP contribution is -2.37. The normalized spacial score (nSPS) is 15.8. The van der Waals surface area contributed by atoms with Crippen LogP contribution in [-0.4, -0.2) is 11.2 Å². The van der Waals surface area contributed by atoms with Crippen LogP contribution in [0, 0.1) is 0 Å². The van der Waals surface area contributed by atoms with Crippen molar-refractivity contribution in [3.63, 3.8) is 0 Å². The smallest absolute Gasteiger partial charge is 0.162 e. The van der Waals surface area contributed by atoms with Gasteiger partial charge in [-0.3, -0.25) is 0 Å². The first kappa shape index (κ1) is 37.4. The number of fused-ring (bicyclic) bond motifs is 1. The molecule has 1 aliphatic heterocycles. The SMILES string of the molecule is O[C@@H]1c2c(OCc3ccccc3)cc(OCc3ccccc3)cc2OC(c2ccc(OCc3ccccc3)c(OCc3ccccc3)c2)C1OCc1ccccc1. The second-order valence-corrected chi connectivity index (χ2v) is 13.9. The van der Waals surface area contributed by atoms with E-state index in [-0.39, 0.29) is 13.2 Å². The second kappa shape index (κ2) is 18.4. The van der Waals surface area contributed by atoms with E-state index in [9.17, 15) is 5.11 Å². The molecule has 1 aliphatic rings. The van der Waals surface area contributed by atoms with Crippen LogP contribution in [0.3, 0.4) is 0 Å². The van der Waals surface area contributed by atoms with Crippen molar-refractivity contribution in [2.75, 3.05) is 0 Å². The molecular formula is C50H44O7. The van der Waals surface area contributed by atoms with Crippen molar-refractivity contribution in [1.82, 2.24) is 0 Å². The van der Waals surface area contributed by atoms with Crippen molar-refractivity contribution >= 4 is 0 Å². The van der Waals surface area contributed by atoms with Gasteiger partial charge in [-0.25, -0.2) is 0 Å². The summed E-state index contributed by atoms with van der Waals surface area (Å²) in [4.78, 5) is 0. The summed E-state index contributed by atoms with van der Waals surface area (Å²) in [6.07, 6.45) is -2.70. The molecule has 0 aliphatic carbocycles. The number of ether oxygens (including phenoxy) is 6. The van der Waals surface area contributed by atoms with Crippen molar-refractivity contribution in [2.45, 2.75) is 51.3 Å². The molecule has 0 saturated carbocycles. The van der Waals surface area contributed by atoms with E-state index in [1.165, 1.54) is 0 Å². The van der Waals surface area contributed by atoms with Gasteiger partial charge in [0.2, 0.25) is 0 Å². The third-order valence-corrected chi connectivity index (χ3v) is 9.78. The molecule has 0 spiro atoms. The third-order valence-electron chi connectivity index (χ3n) is 9.78. The molecule has 0 fully saturated rings. The maximum Gasteiger partial charge on any atom is 0.162 e. The number of hydrogen-bond donors (Lipinski definition) is 1. The van der Waals surface area contributed by atoms with Gasteiger partial charge in [0.1, 0.15) is 55.9 Å². The fraction of sp³-hybridized carbons (Fsp3) is 0.160. The van der Waals surface area contributed by atoms with E-state index < -0.39 is 18.3 Å². The molecular weight excluding hydrogens is 713 g/mol. The first-order chi connectivity index (χ1) is 28.2. The van der Waals surface area contributed by atoms with Gasteiger partial charge in [0.05, 0.1) is 12.2 Å². The van der Waals surface area contributed by atoms with Crippen LogP contribution in [-0.2, 0) is 37.8 Å². The molecule has 0 saturated heterocycles. The van der Waals surface area contributed by atoms with Gasteiger partial charge in [-0.15, -0.1) is 0 Å². The van der Waals surface area contributed by atoms with Gasteiger partial charge in [-0.05, 0) is 45.5 Å². The summed E-state index contributed by atoms with van der Waals surface area (Å²) in [5.74, 6) is 2.58. The fourth-order valence-electron chi connectivity index (χ4n) is 6.79. The molecule has 7 heteroatoms. The average Bonchev–Trinajstić information content (AvgIpc) is 3.27. The summed E-state index contributed by atoms with van der Waals surface area (Å²) in [5, 5.41) is 12.4. The van der Waals surface area contributed by atoms with Crippen LogP contribution in [0.25, 0.3) is 0 Å². The fourth-order valence-corrected chi connectivity index (χ4v) is 6.79. The molecule has 1 heterocycles. The first-order valence-electron chi connectivity index (χ1n) is 19.2. The minimum atomic E-state index is -1.13. The van der Waals surface area contributed by atoms with Gasteiger partial charge in [-0.1, -0.05) is 158 Å². The maximum atomic E-state index is 12.4. The maximum absolute atomic E-state index is 12.4. The van der Waals surface area contributed by atoms with E-state index in [1.54, 1.807) is 0 Å². The lowest BCUT2D eigenvalue weighted by molar-refractivity contribution is -0.117. The first-order valence-corrected chi connectivity index (χ1v) is 19.2. The Morgan fingerprint density at radius 1 is 0.421 bits per heavy atom. The number of aliphatic hydroxyl groups is 1. The highest BCUT2D eigenvalue weighted by molar-refractivity contribution is 5.55. The molecule has 57 heavy (non-hydrogen) atoms. The topological polar surface area (TPSA) is 75.6 Å². The monoisotopic (exact) mass is 756 g/mol. The van der Waals surface area contributed by atoms with E-state index in [4.69, 9.17) is 28.4 Å². The predicted molar refractivity (Wildman–Crippen MR) is 219 cm³/mol. The molecule has 0 aromatic heterocycles. The minimum absolute atomic E-state index is 0.256. The summed E-state index contributed by atoms with van der Waals surface area (Å²) in [7, 11) is 0. The molecule has 1 N–H and O–H groups in total. The standard InChI is InChI=1S/C50H44O7/c51-48-47-45(55-34-39-22-12-4-13-23-39)29-42(52-31-36-16-6-1-7-17-36)30-46(47)57-49(50(48)56-35-40-24-14-5-15-25-40)41-26-27-43(53-32-37-18-8-2-9-19-37)44(28-41)54-33-38-20-10-3-11-21-38/h1-30,48-51H,31-35H2/t48-,49?,50?/m1/s1. The second-order valence-electron chi connectivity index (χ2n) is 13.9. The number of rotatable bonds is 16. The Hall–Kier alpha value is -6.54. The van der Waals surface area contributed by atoms with Crippen molar-refractivity contribution in [3.8, 4) is 28.7 Å². The summed E-state index contributed by atoms with van der Waals surface area (Å²) in [6.45, 7) is 1.59. The van der Waals surface area contributed by atoms with E-state index in [1.807, 2.05) is 182 Å². The lowest BCUT2D eigenvalue weighted by Gasteiger charge is -2.38. The van der Waals surface area contributed by atoms with E-state index in [0.717, 1.165) is 33.4 Å². The molecule has 8 rings (SSSR count). The minimum Gasteiger partial charge on any atom is -0.489 e. The zero-order valence-corrected chi connectivity index (χ0v) is 31.5. The largest absolute Gasteiger partial charge is 0.489 e. The molecule has 2 unspecified atom stereocenters. The Kier molecular flexibility index (Phi) is 12.1. The van der Waals surface area contributed by atoms with Gasteiger partial charge in [0.15, 0.2) is 17.6 Å². The van der Waals surface area contributed by atoms with Gasteiger partial charge in [-0.2, -0.15) is 0 Å². The molecule has 7 aromatic rings. The molecule has 0 bridgehead atoms. The highest BCUT2D eigenvalue weighted by atomic mass is 16.6. The predicted octanol–water partition coefficient (Wildman–Crippen LogP) is 10.8. The van der Waals surface area contributed by atoms with Crippen molar-refractivity contribution in [2.24, 2.45) is 0 Å². The molecule has 0 radical (unpaired) electrons. The Labute approximate surface area is 333 Å². The summed E-state index contributed by atoms with van der Waals surface area (Å²) in [6, 6.07) is 59.2. The van der Waals surface area contributed by atoms with Crippen LogP contribution in [0.15, 0.2) is 182 Å². The van der Waals surface area contributed by atoms with E-state index in [2.05, 4.69) is 0 Å². The Morgan fingerprint density at radius 3 is 1.37 bits per heavy atom. The number of hydrogen-bond acceptors (Lipinski definition) is 7. The van der Waals surface area contributed by atoms with E-state index in [0.29, 0.717) is 54.1 Å². The average molecular weight is 757 g/mol. The van der Waals surface area contributed by atoms with Crippen LogP contribution >= 0.6 is 0 Å². The summed E-state index contributed by atoms with van der Waals surface area (Å²) >= 11 is 0. The van der Waals surface area contributed by atoms with Crippen LogP contribution in [0.5, 0.6) is 28.7 Å². The zero-order valence-electron chi connectivity index (χ0n) is 31.5. The summed E-state index contributed by atoms with van der Waals surface area (Å²) < 4.78 is 39.1. The number of benzene rings is 7. The van der Waals surface area contributed by atoms with Gasteiger partial charge < -0.3 is 33.5 Å². The van der Waals surface area contributed by atoms with Crippen LogP contribution in [0.4, 0.5) is 0 Å². The van der Waals surface area contributed by atoms with Crippen LogP contribution in [0.1, 0.15) is 51.2 Å². The van der Waals surface area contributed by atoms with E-state index >= 15 is 0 Å². The zero-order chi connectivity index (χ0) is 38.7. The quantitative estimate of drug-likeness (QED) is 0.105. The molecule has 7 aromatic carbocycles. The Bertz CT molecular complexity index is 2300. The Balaban J connectivity index is 1.16. The van der Waals surface area contributed by atoms with Gasteiger partial charge in [0.25, 0.3) is 0 Å². The summed E-state index contributed by atoms with van der Waals surface area (Å²) in [5.41, 5.74) is 6.27. The molecule has 3 atom stereocenters. The van der Waals surface area contributed by atoms with Gasteiger partial charge in [0, 0.05) is 12.1 Å². The van der Waals surface area contributed by atoms with Crippen molar-refractivity contribution in [3.05, 3.63) is 221 Å². The lowest BCUT2D eigenvalue weighted by atomic mass is 9.91. The molecule has 0 amide bonds. The van der Waals surface area contributed by atoms with Crippen LogP contribution < -0.4 is 23.7 Å². The van der Waals surface area contributed by atoms with Gasteiger partial charge >= 0.3 is 0 Å². The highest BCUT2D eigenvalue weighted by Gasteiger charge is 2.42. The highest BCUT2D eigenvalue weighted by Crippen LogP contribution is 2.50. The van der Waals surface area contributed by atoms with Crippen molar-refractivity contribution in [1.29, 1.82) is 0 Å².